The highest BCUT2D eigenvalue weighted by Crippen LogP contribution is 2.18. The molecule has 0 aliphatic carbocycles. The number of likely N-dealkylation sites (N-methyl/N-ethyl adjacent to an activating group) is 1. The molecule has 0 bridgehead atoms. The molecule has 0 spiro atoms. The molecule has 0 radical (unpaired) electrons. The molecular weight excluding hydrogens is 238 g/mol. The topological polar surface area (TPSA) is 49.6 Å². The molecule has 112 valence electrons. The van der Waals surface area contributed by atoms with Crippen molar-refractivity contribution in [1.29, 1.82) is 0 Å². The van der Waals surface area contributed by atoms with Gasteiger partial charge in [0.15, 0.2) is 0 Å². The van der Waals surface area contributed by atoms with Crippen LogP contribution in [0.3, 0.4) is 0 Å². The summed E-state index contributed by atoms with van der Waals surface area (Å²) in [7, 11) is 2.15. The maximum atomic E-state index is 12.4. The maximum Gasteiger partial charge on any atom is 0.222 e. The van der Waals surface area contributed by atoms with Gasteiger partial charge in [0.05, 0.1) is 0 Å². The van der Waals surface area contributed by atoms with Crippen LogP contribution in [-0.2, 0) is 4.79 Å². The van der Waals surface area contributed by atoms with Gasteiger partial charge >= 0.3 is 0 Å². The van der Waals surface area contributed by atoms with E-state index in [-0.39, 0.29) is 0 Å². The van der Waals surface area contributed by atoms with Crippen molar-refractivity contribution < 1.29 is 4.79 Å². The first kappa shape index (κ1) is 16.4. The average molecular weight is 269 g/mol. The van der Waals surface area contributed by atoms with Gasteiger partial charge in [-0.15, -0.1) is 0 Å². The monoisotopic (exact) mass is 269 g/mol. The first-order valence-electron chi connectivity index (χ1n) is 7.65. The van der Waals surface area contributed by atoms with Gasteiger partial charge in [0.1, 0.15) is 0 Å². The van der Waals surface area contributed by atoms with E-state index in [4.69, 9.17) is 5.73 Å². The summed E-state index contributed by atoms with van der Waals surface area (Å²) < 4.78 is 0. The van der Waals surface area contributed by atoms with Crippen LogP contribution in [-0.4, -0.2) is 55.0 Å². The maximum absolute atomic E-state index is 12.4. The van der Waals surface area contributed by atoms with Crippen molar-refractivity contribution in [3.05, 3.63) is 0 Å². The van der Waals surface area contributed by atoms with Crippen molar-refractivity contribution in [3.63, 3.8) is 0 Å². The Balaban J connectivity index is 2.48. The lowest BCUT2D eigenvalue weighted by Gasteiger charge is -2.39. The van der Waals surface area contributed by atoms with Gasteiger partial charge in [-0.3, -0.25) is 9.69 Å². The number of nitrogens with two attached hydrogens (primary N) is 1. The summed E-state index contributed by atoms with van der Waals surface area (Å²) in [6.45, 7) is 9.93. The number of amides is 1. The van der Waals surface area contributed by atoms with Crippen LogP contribution in [0.15, 0.2) is 0 Å². The van der Waals surface area contributed by atoms with Gasteiger partial charge < -0.3 is 10.6 Å². The molecule has 19 heavy (non-hydrogen) atoms. The summed E-state index contributed by atoms with van der Waals surface area (Å²) in [4.78, 5) is 16.8. The second kappa shape index (κ2) is 7.85. The van der Waals surface area contributed by atoms with Gasteiger partial charge in [-0.2, -0.15) is 0 Å². The molecule has 1 fully saturated rings. The summed E-state index contributed by atoms with van der Waals surface area (Å²) >= 11 is 0. The Bertz CT molecular complexity index is 281. The van der Waals surface area contributed by atoms with Crippen molar-refractivity contribution in [1.82, 2.24) is 9.80 Å². The molecule has 0 aromatic carbocycles. The number of carbonyl (C=O) groups is 1. The quantitative estimate of drug-likeness (QED) is 0.796. The van der Waals surface area contributed by atoms with Gasteiger partial charge in [-0.1, -0.05) is 20.8 Å². The van der Waals surface area contributed by atoms with Gasteiger partial charge in [-0.05, 0) is 38.3 Å². The lowest BCUT2D eigenvalue weighted by Crippen LogP contribution is -2.53. The highest BCUT2D eigenvalue weighted by Gasteiger charge is 2.27. The summed E-state index contributed by atoms with van der Waals surface area (Å²) in [5.74, 6) is 1.24. The fourth-order valence-electron chi connectivity index (χ4n) is 2.92. The Kier molecular flexibility index (Phi) is 6.80. The van der Waals surface area contributed by atoms with E-state index in [1.54, 1.807) is 0 Å². The highest BCUT2D eigenvalue weighted by molar-refractivity contribution is 5.76. The molecule has 2 unspecified atom stereocenters. The molecule has 2 atom stereocenters. The molecule has 1 heterocycles. The Labute approximate surface area is 118 Å². The number of piperazine rings is 1. The summed E-state index contributed by atoms with van der Waals surface area (Å²) in [6.07, 6.45) is 2.77. The van der Waals surface area contributed by atoms with E-state index in [9.17, 15) is 4.79 Å². The fraction of sp³-hybridized carbons (Fsp3) is 0.933. The molecule has 4 heteroatoms. The smallest absolute Gasteiger partial charge is 0.222 e. The van der Waals surface area contributed by atoms with Crippen LogP contribution in [0.1, 0.15) is 40.0 Å². The second-order valence-corrected chi connectivity index (χ2v) is 6.32. The first-order valence-corrected chi connectivity index (χ1v) is 7.65. The first-order chi connectivity index (χ1) is 8.97. The molecule has 1 rings (SSSR count). The van der Waals surface area contributed by atoms with Gasteiger partial charge in [-0.25, -0.2) is 0 Å². The number of carbonyl (C=O) groups excluding carboxylic acids is 1. The summed E-state index contributed by atoms with van der Waals surface area (Å²) in [6, 6.07) is 0.513. The average Bonchev–Trinajstić information content (AvgIpc) is 2.37. The van der Waals surface area contributed by atoms with Crippen LogP contribution < -0.4 is 5.73 Å². The van der Waals surface area contributed by atoms with Crippen LogP contribution in [0.4, 0.5) is 0 Å². The van der Waals surface area contributed by atoms with Crippen LogP contribution in [0.5, 0.6) is 0 Å². The minimum absolute atomic E-state index is 0.294. The summed E-state index contributed by atoms with van der Waals surface area (Å²) in [5.41, 5.74) is 5.80. The van der Waals surface area contributed by atoms with E-state index in [1.807, 2.05) is 4.90 Å². The van der Waals surface area contributed by atoms with Gasteiger partial charge in [0, 0.05) is 32.1 Å². The number of nitrogens with zero attached hydrogens (tertiary/aromatic N) is 2. The molecule has 4 nitrogen and oxygen atoms in total. The van der Waals surface area contributed by atoms with Crippen LogP contribution in [0, 0.1) is 11.8 Å². The van der Waals surface area contributed by atoms with Crippen molar-refractivity contribution in [2.45, 2.75) is 46.1 Å². The Morgan fingerprint density at radius 1 is 1.37 bits per heavy atom. The Morgan fingerprint density at radius 2 is 2.05 bits per heavy atom. The van der Waals surface area contributed by atoms with Gasteiger partial charge in [0.2, 0.25) is 5.91 Å². The van der Waals surface area contributed by atoms with Crippen molar-refractivity contribution in [2.75, 3.05) is 33.2 Å². The van der Waals surface area contributed by atoms with Crippen molar-refractivity contribution in [3.8, 4) is 0 Å². The van der Waals surface area contributed by atoms with Crippen LogP contribution in [0.2, 0.25) is 0 Å². The largest absolute Gasteiger partial charge is 0.340 e. The molecule has 0 aromatic heterocycles. The third kappa shape index (κ3) is 5.11. The summed E-state index contributed by atoms with van der Waals surface area (Å²) in [5, 5.41) is 0. The zero-order valence-corrected chi connectivity index (χ0v) is 13.1. The lowest BCUT2D eigenvalue weighted by molar-refractivity contribution is -0.135. The zero-order chi connectivity index (χ0) is 14.4. The molecule has 1 aliphatic rings. The Morgan fingerprint density at radius 3 is 2.58 bits per heavy atom. The fourth-order valence-corrected chi connectivity index (χ4v) is 2.92. The highest BCUT2D eigenvalue weighted by atomic mass is 16.2. The standard InChI is InChI=1S/C15H31N3O/c1-5-14-11-18(7-6-17(14)4)15(19)9-13(10-16)8-12(2)3/h12-14H,5-11,16H2,1-4H3. The molecular formula is C15H31N3O. The zero-order valence-electron chi connectivity index (χ0n) is 13.1. The molecule has 1 aliphatic heterocycles. The van der Waals surface area contributed by atoms with E-state index in [2.05, 4.69) is 32.7 Å². The van der Waals surface area contributed by atoms with Crippen molar-refractivity contribution in [2.24, 2.45) is 17.6 Å². The molecule has 1 saturated heterocycles. The normalized spacial score (nSPS) is 22.8. The lowest BCUT2D eigenvalue weighted by atomic mass is 9.93. The van der Waals surface area contributed by atoms with Crippen LogP contribution in [0.25, 0.3) is 0 Å². The third-order valence-electron chi connectivity index (χ3n) is 4.20. The molecule has 2 N–H and O–H groups in total. The van der Waals surface area contributed by atoms with Crippen LogP contribution >= 0.6 is 0 Å². The van der Waals surface area contributed by atoms with E-state index < -0.39 is 0 Å². The van der Waals surface area contributed by atoms with Gasteiger partial charge in [0.25, 0.3) is 0 Å². The molecule has 0 aromatic rings. The Hall–Kier alpha value is -0.610. The molecule has 1 amide bonds. The SMILES string of the molecule is CCC1CN(C(=O)CC(CN)CC(C)C)CCN1C. The minimum atomic E-state index is 0.294. The number of hydrogen-bond acceptors (Lipinski definition) is 3. The molecule has 0 saturated carbocycles. The second-order valence-electron chi connectivity index (χ2n) is 6.32. The van der Waals surface area contributed by atoms with E-state index in [1.165, 1.54) is 0 Å². The predicted molar refractivity (Wildman–Crippen MR) is 79.9 cm³/mol. The van der Waals surface area contributed by atoms with Crippen molar-refractivity contribution >= 4 is 5.91 Å². The van der Waals surface area contributed by atoms with E-state index in [0.717, 1.165) is 32.5 Å². The van der Waals surface area contributed by atoms with E-state index >= 15 is 0 Å². The van der Waals surface area contributed by atoms with E-state index in [0.29, 0.717) is 36.8 Å². The third-order valence-corrected chi connectivity index (χ3v) is 4.20. The predicted octanol–water partition coefficient (Wildman–Crippen LogP) is 1.55. The number of rotatable bonds is 6. The number of hydrogen-bond donors (Lipinski definition) is 1. The minimum Gasteiger partial charge on any atom is -0.340 e.